The molecule has 0 heterocycles. The second kappa shape index (κ2) is 63.6. The van der Waals surface area contributed by atoms with Crippen LogP contribution in [0.25, 0.3) is 0 Å². The summed E-state index contributed by atoms with van der Waals surface area (Å²) in [5, 5.41) is 43.7. The van der Waals surface area contributed by atoms with Gasteiger partial charge in [0, 0.05) is 0 Å². The van der Waals surface area contributed by atoms with Crippen molar-refractivity contribution in [3.05, 3.63) is 0 Å². The molecule has 0 aliphatic rings. The van der Waals surface area contributed by atoms with Crippen molar-refractivity contribution in [2.24, 2.45) is 0 Å². The number of rotatable bonds is 24. The first kappa shape index (κ1) is 115. The Labute approximate surface area is 557 Å². The average molecular weight is 1540 g/mol. The van der Waals surface area contributed by atoms with E-state index < -0.39 is 79.7 Å². The van der Waals surface area contributed by atoms with Crippen LogP contribution in [0.1, 0.15) is 166 Å². The van der Waals surface area contributed by atoms with Crippen molar-refractivity contribution in [3.63, 3.8) is 0 Å². The summed E-state index contributed by atoms with van der Waals surface area (Å²) in [5.41, 5.74) is 0. The molecule has 0 rings (SSSR count). The molecule has 0 aromatic rings. The fraction of sp³-hybridized carbons (Fsp3) is 0.889. The van der Waals surface area contributed by atoms with Gasteiger partial charge in [0.15, 0.2) is 0 Å². The number of quaternary nitrogens is 6. The normalized spacial score (nSPS) is 11.2. The third-order valence-corrected chi connectivity index (χ3v) is 18.9. The Morgan fingerprint density at radius 1 is 0.178 bits per heavy atom. The Bertz CT molecular complexity index is 2110. The molecule has 0 atom stereocenters. The second-order valence-corrected chi connectivity index (χ2v) is 29.1. The summed E-state index contributed by atoms with van der Waals surface area (Å²) in [6.45, 7) is 85.3. The average Bonchev–Trinajstić information content (AvgIpc) is 3.53. The molecule has 36 heteroatoms. The summed E-state index contributed by atoms with van der Waals surface area (Å²) in [4.78, 5) is 3.56. The summed E-state index contributed by atoms with van der Waals surface area (Å²) >= 11 is -31.3. The number of nitrogens with zero attached hydrogens (tertiary/aromatic N) is 12. The molecule has 0 aliphatic carbocycles. The molecule has 0 aromatic carbocycles. The third-order valence-electron chi connectivity index (χ3n) is 16.8. The van der Waals surface area contributed by atoms with E-state index in [0.29, 0.717) is 29.6 Å². The van der Waals surface area contributed by atoms with Crippen LogP contribution in [0.4, 0.5) is 0 Å². The van der Waals surface area contributed by atoms with Crippen molar-refractivity contribution in [2.75, 3.05) is 157 Å². The van der Waals surface area contributed by atoms with Gasteiger partial charge in [-0.05, 0) is 166 Å². The topological polar surface area (TPSA) is 486 Å². The van der Waals surface area contributed by atoms with Crippen molar-refractivity contribution >= 4 is 0 Å². The second-order valence-electron chi connectivity index (χ2n) is 18.9. The summed E-state index contributed by atoms with van der Waals surface area (Å²) < 4.78 is 172. The van der Waals surface area contributed by atoms with Gasteiger partial charge in [0.2, 0.25) is 0 Å². The van der Waals surface area contributed by atoms with E-state index in [1.807, 2.05) is 0 Å². The van der Waals surface area contributed by atoms with E-state index in [0.717, 1.165) is 0 Å². The van der Waals surface area contributed by atoms with Gasteiger partial charge in [0.1, 0.15) is 0 Å². The van der Waals surface area contributed by atoms with Crippen LogP contribution >= 0.6 is 0 Å². The van der Waals surface area contributed by atoms with Crippen LogP contribution in [0, 0.1) is 61.2 Å². The molecule has 0 bridgehead atoms. The van der Waals surface area contributed by atoms with E-state index in [9.17, 15) is 0 Å². The van der Waals surface area contributed by atoms with Crippen molar-refractivity contribution in [1.29, 1.82) is 31.6 Å². The standard InChI is InChI=1S/6C8H20N.6CN.6Cr.18O/c6*1-5-9(6-2,7-3)8-4;6*1-2;;;;;;;;;;;;;;;;;;;;;;;;/h6*5-8H2,1-4H3;;;;;;;;;;;;;;;;;;;;;;;;;;;;;;/q6*+1;;;;;;;;;;;;;;;;;;;;;;;;;6*-1. The summed E-state index contributed by atoms with van der Waals surface area (Å²) in [7, 11) is 0. The Hall–Kier alpha value is -2.75. The van der Waals surface area contributed by atoms with Gasteiger partial charge in [0.05, 0.1) is 157 Å². The minimum atomic E-state index is -5.22. The van der Waals surface area contributed by atoms with Gasteiger partial charge >= 0.3 is 211 Å². The molecule has 90 heavy (non-hydrogen) atoms. The predicted molar refractivity (Wildman–Crippen MR) is 296 cm³/mol. The zero-order valence-electron chi connectivity index (χ0n) is 59.1. The Balaban J connectivity index is -0.0000000741. The van der Waals surface area contributed by atoms with Crippen LogP contribution < -0.4 is 24.9 Å². The van der Waals surface area contributed by atoms with E-state index in [1.54, 1.807) is 0 Å². The van der Waals surface area contributed by atoms with Gasteiger partial charge in [-0.1, -0.05) is 0 Å². The zero-order chi connectivity index (χ0) is 75.2. The zero-order valence-corrected chi connectivity index (χ0v) is 66.8. The number of hydrogen-bond acceptors (Lipinski definition) is 24. The van der Waals surface area contributed by atoms with Crippen molar-refractivity contribution < 1.29 is 177 Å². The van der Waals surface area contributed by atoms with E-state index in [1.165, 1.54) is 184 Å². The molecular formula is C54H120Cr6N12O18. The minimum absolute atomic E-state index is 0.594. The molecule has 0 radical (unpaired) electrons. The van der Waals surface area contributed by atoms with Gasteiger partial charge in [-0.2, -0.15) is 0 Å². The summed E-state index contributed by atoms with van der Waals surface area (Å²) in [5.74, 6) is 0. The van der Waals surface area contributed by atoms with Crippen LogP contribution in [0.2, 0.25) is 0 Å². The van der Waals surface area contributed by atoms with Crippen LogP contribution in [0.15, 0.2) is 0 Å². The molecular weight excluding hydrogens is 1420 g/mol. The van der Waals surface area contributed by atoms with Crippen LogP contribution in [0.3, 0.4) is 0 Å². The van der Waals surface area contributed by atoms with E-state index in [-0.39, 0.29) is 0 Å². The maximum atomic E-state index is 9.16. The summed E-state index contributed by atoms with van der Waals surface area (Å²) in [6.07, 6.45) is 0. The van der Waals surface area contributed by atoms with Gasteiger partial charge < -0.3 is 26.9 Å². The SMILES string of the molecule is CC[N+](CC)(CC)CC.CC[N+](CC)(CC)CC.CC[N+](CC)(CC)CC.CC[N+](CC)(CC)CC.CC[N+](CC)(CC)CC.CC[N+](CC)(CC)CC.N#[C][Cr](=[O])(=[O])[O-].N#[C][Cr](=[O])(=[O])[O-].N#[C][Cr](=[O])(=[O])[O-].N#[C][Cr](=[O])(=[O])[O-].N#[C][Cr](=[O])(=[O])[O-].N#[C][Cr](=[O])(=[O])[O-]. The van der Waals surface area contributed by atoms with Crippen molar-refractivity contribution in [1.82, 2.24) is 0 Å². The molecule has 30 nitrogen and oxygen atoms in total. The van der Waals surface area contributed by atoms with Crippen LogP contribution in [-0.2, 0) is 125 Å². The van der Waals surface area contributed by atoms with Crippen LogP contribution in [-0.4, -0.2) is 184 Å². The first-order valence-electron chi connectivity index (χ1n) is 30.1. The van der Waals surface area contributed by atoms with E-state index >= 15 is 0 Å². The molecule has 0 unspecified atom stereocenters. The molecule has 0 fully saturated rings. The monoisotopic (exact) mass is 1540 g/mol. The van der Waals surface area contributed by atoms with E-state index in [2.05, 4.69) is 166 Å². The first-order valence-corrected chi connectivity index (χ1v) is 43.3. The Kier molecular flexibility index (Phi) is 81.1. The molecule has 0 N–H and O–H groups in total. The fourth-order valence-corrected chi connectivity index (χ4v) is 8.05. The fourth-order valence-electron chi connectivity index (χ4n) is 8.05. The third kappa shape index (κ3) is 79.5. The molecule has 0 saturated heterocycles. The molecule has 0 saturated carbocycles. The van der Waals surface area contributed by atoms with E-state index in [4.69, 9.17) is 102 Å². The summed E-state index contributed by atoms with van der Waals surface area (Å²) in [6, 6.07) is 0. The number of hydrogen-bond donors (Lipinski definition) is 0. The number of nitriles is 6. The van der Waals surface area contributed by atoms with Gasteiger partial charge in [-0.15, -0.1) is 0 Å². The van der Waals surface area contributed by atoms with Crippen molar-refractivity contribution in [2.45, 2.75) is 166 Å². The molecule has 0 spiro atoms. The molecule has 0 aliphatic heterocycles. The maximum absolute atomic E-state index is 9.16. The van der Waals surface area contributed by atoms with Gasteiger partial charge in [-0.3, -0.25) is 0 Å². The Morgan fingerprint density at radius 2 is 0.211 bits per heavy atom. The molecule has 0 aromatic heterocycles. The predicted octanol–water partition coefficient (Wildman–Crippen LogP) is 2.82. The molecule has 540 valence electrons. The van der Waals surface area contributed by atoms with Gasteiger partial charge in [0.25, 0.3) is 0 Å². The Morgan fingerprint density at radius 3 is 0.211 bits per heavy atom. The van der Waals surface area contributed by atoms with Crippen molar-refractivity contribution in [3.8, 4) is 29.6 Å². The van der Waals surface area contributed by atoms with Crippen LogP contribution in [0.5, 0.6) is 0 Å². The quantitative estimate of drug-likeness (QED) is 0.125. The van der Waals surface area contributed by atoms with Gasteiger partial charge in [-0.25, -0.2) is 0 Å². The first-order chi connectivity index (χ1) is 40.8. The molecule has 0 amide bonds.